The Hall–Kier alpha value is -0.940. The highest BCUT2D eigenvalue weighted by atomic mass is 16.6. The molecule has 0 aromatic rings. The van der Waals surface area contributed by atoms with Gasteiger partial charge >= 0.3 is 11.9 Å². The second kappa shape index (κ2) is 8.24. The van der Waals surface area contributed by atoms with Crippen molar-refractivity contribution in [3.05, 3.63) is 0 Å². The first-order chi connectivity index (χ1) is 7.54. The maximum atomic E-state index is 11.2. The summed E-state index contributed by atoms with van der Waals surface area (Å²) in [5.41, 5.74) is 0. The van der Waals surface area contributed by atoms with Gasteiger partial charge in [-0.05, 0) is 12.3 Å². The van der Waals surface area contributed by atoms with Crippen molar-refractivity contribution in [1.29, 1.82) is 0 Å². The molecule has 0 aliphatic rings. The van der Waals surface area contributed by atoms with Gasteiger partial charge < -0.3 is 14.9 Å². The average Bonchev–Trinajstić information content (AvgIpc) is 2.29. The summed E-state index contributed by atoms with van der Waals surface area (Å²) in [5, 5.41) is 17.3. The average molecular weight is 232 g/mol. The number of ether oxygens (including phenoxy) is 1. The molecule has 0 heterocycles. The lowest BCUT2D eigenvalue weighted by molar-refractivity contribution is -0.167. The number of esters is 2. The van der Waals surface area contributed by atoms with E-state index in [-0.39, 0.29) is 6.42 Å². The number of carbonyl (C=O) groups is 2. The Morgan fingerprint density at radius 3 is 2.25 bits per heavy atom. The van der Waals surface area contributed by atoms with Crippen LogP contribution in [0.1, 0.15) is 39.5 Å². The van der Waals surface area contributed by atoms with Crippen molar-refractivity contribution in [3.8, 4) is 0 Å². The zero-order valence-corrected chi connectivity index (χ0v) is 9.81. The van der Waals surface area contributed by atoms with Crippen LogP contribution in [0.3, 0.4) is 0 Å². The summed E-state index contributed by atoms with van der Waals surface area (Å²) in [6, 6.07) is 0. The normalized spacial score (nSPS) is 12.6. The first-order valence-corrected chi connectivity index (χ1v) is 5.58. The molecule has 1 unspecified atom stereocenters. The van der Waals surface area contributed by atoms with Crippen LogP contribution in [0.4, 0.5) is 0 Å². The lowest BCUT2D eigenvalue weighted by Gasteiger charge is -2.11. The van der Waals surface area contributed by atoms with Crippen molar-refractivity contribution >= 4 is 11.9 Å². The molecule has 5 nitrogen and oxygen atoms in total. The summed E-state index contributed by atoms with van der Waals surface area (Å²) < 4.78 is 4.35. The van der Waals surface area contributed by atoms with E-state index < -0.39 is 24.6 Å². The SMILES string of the molecule is CCC(CC)CCC(=O)OC(=O)C(O)CO. The Kier molecular flexibility index (Phi) is 7.76. The Morgan fingerprint density at radius 1 is 1.25 bits per heavy atom. The predicted octanol–water partition coefficient (Wildman–Crippen LogP) is 0.626. The van der Waals surface area contributed by atoms with Gasteiger partial charge in [-0.1, -0.05) is 26.7 Å². The van der Waals surface area contributed by atoms with Crippen LogP contribution in [-0.2, 0) is 14.3 Å². The summed E-state index contributed by atoms with van der Waals surface area (Å²) in [4.78, 5) is 22.1. The van der Waals surface area contributed by atoms with Gasteiger partial charge in [0.05, 0.1) is 6.61 Å². The molecule has 94 valence electrons. The van der Waals surface area contributed by atoms with Crippen LogP contribution < -0.4 is 0 Å². The highest BCUT2D eigenvalue weighted by Gasteiger charge is 2.19. The van der Waals surface area contributed by atoms with E-state index >= 15 is 0 Å². The first kappa shape index (κ1) is 15.1. The van der Waals surface area contributed by atoms with Crippen molar-refractivity contribution in [2.75, 3.05) is 6.61 Å². The molecular formula is C11H20O5. The van der Waals surface area contributed by atoms with Gasteiger partial charge in [-0.15, -0.1) is 0 Å². The van der Waals surface area contributed by atoms with E-state index in [9.17, 15) is 9.59 Å². The monoisotopic (exact) mass is 232 g/mol. The molecule has 0 radical (unpaired) electrons. The second-order valence-electron chi connectivity index (χ2n) is 3.71. The van der Waals surface area contributed by atoms with Crippen molar-refractivity contribution in [2.24, 2.45) is 5.92 Å². The van der Waals surface area contributed by atoms with Gasteiger partial charge in [-0.25, -0.2) is 4.79 Å². The van der Waals surface area contributed by atoms with Crippen molar-refractivity contribution < 1.29 is 24.5 Å². The molecule has 0 aliphatic carbocycles. The third-order valence-corrected chi connectivity index (χ3v) is 2.57. The molecule has 5 heteroatoms. The Morgan fingerprint density at radius 2 is 1.81 bits per heavy atom. The molecule has 16 heavy (non-hydrogen) atoms. The summed E-state index contributed by atoms with van der Waals surface area (Å²) in [7, 11) is 0. The number of hydrogen-bond donors (Lipinski definition) is 2. The lowest BCUT2D eigenvalue weighted by atomic mass is 9.98. The van der Waals surface area contributed by atoms with Crippen LogP contribution in [0.15, 0.2) is 0 Å². The third-order valence-electron chi connectivity index (χ3n) is 2.57. The molecule has 0 saturated heterocycles. The summed E-state index contributed by atoms with van der Waals surface area (Å²) in [6.45, 7) is 3.35. The van der Waals surface area contributed by atoms with E-state index in [0.29, 0.717) is 12.3 Å². The highest BCUT2D eigenvalue weighted by molar-refractivity contribution is 5.87. The number of aliphatic hydroxyl groups excluding tert-OH is 2. The fraction of sp³-hybridized carbons (Fsp3) is 0.818. The van der Waals surface area contributed by atoms with Gasteiger partial charge in [-0.3, -0.25) is 4.79 Å². The second-order valence-corrected chi connectivity index (χ2v) is 3.71. The Labute approximate surface area is 95.4 Å². The largest absolute Gasteiger partial charge is 0.393 e. The maximum absolute atomic E-state index is 11.2. The molecule has 2 N–H and O–H groups in total. The number of rotatable bonds is 7. The van der Waals surface area contributed by atoms with E-state index in [1.165, 1.54) is 0 Å². The fourth-order valence-corrected chi connectivity index (χ4v) is 1.32. The Balaban J connectivity index is 3.86. The van der Waals surface area contributed by atoms with E-state index in [1.807, 2.05) is 13.8 Å². The van der Waals surface area contributed by atoms with Gasteiger partial charge in [0, 0.05) is 6.42 Å². The van der Waals surface area contributed by atoms with Crippen LogP contribution >= 0.6 is 0 Å². The van der Waals surface area contributed by atoms with Gasteiger partial charge in [0.15, 0.2) is 6.10 Å². The molecule has 0 aliphatic heterocycles. The van der Waals surface area contributed by atoms with E-state index in [2.05, 4.69) is 4.74 Å². The van der Waals surface area contributed by atoms with Gasteiger partial charge in [0.25, 0.3) is 0 Å². The molecule has 0 aromatic carbocycles. The number of carbonyl (C=O) groups excluding carboxylic acids is 2. The van der Waals surface area contributed by atoms with Crippen molar-refractivity contribution in [2.45, 2.75) is 45.6 Å². The van der Waals surface area contributed by atoms with Crippen LogP contribution in [0, 0.1) is 5.92 Å². The van der Waals surface area contributed by atoms with Crippen molar-refractivity contribution in [1.82, 2.24) is 0 Å². The molecule has 0 aromatic heterocycles. The van der Waals surface area contributed by atoms with Crippen LogP contribution in [-0.4, -0.2) is 34.9 Å². The highest BCUT2D eigenvalue weighted by Crippen LogP contribution is 2.14. The number of aliphatic hydroxyl groups is 2. The molecule has 0 bridgehead atoms. The zero-order chi connectivity index (χ0) is 12.6. The minimum absolute atomic E-state index is 0.163. The summed E-state index contributed by atoms with van der Waals surface area (Å²) in [5.74, 6) is -1.29. The summed E-state index contributed by atoms with van der Waals surface area (Å²) in [6.07, 6.45) is 1.18. The van der Waals surface area contributed by atoms with Gasteiger partial charge in [0.2, 0.25) is 0 Å². The molecule has 1 atom stereocenters. The van der Waals surface area contributed by atoms with E-state index in [0.717, 1.165) is 12.8 Å². The lowest BCUT2D eigenvalue weighted by Crippen LogP contribution is -2.28. The number of hydrogen-bond acceptors (Lipinski definition) is 5. The minimum atomic E-state index is -1.63. The fourth-order valence-electron chi connectivity index (χ4n) is 1.32. The van der Waals surface area contributed by atoms with Crippen LogP contribution in [0.5, 0.6) is 0 Å². The van der Waals surface area contributed by atoms with Gasteiger partial charge in [0.1, 0.15) is 0 Å². The van der Waals surface area contributed by atoms with Crippen molar-refractivity contribution in [3.63, 3.8) is 0 Å². The topological polar surface area (TPSA) is 83.8 Å². The van der Waals surface area contributed by atoms with Crippen LogP contribution in [0.25, 0.3) is 0 Å². The third kappa shape index (κ3) is 5.82. The standard InChI is InChI=1S/C11H20O5/c1-3-8(4-2)5-6-10(14)16-11(15)9(13)7-12/h8-9,12-13H,3-7H2,1-2H3. The van der Waals surface area contributed by atoms with E-state index in [4.69, 9.17) is 10.2 Å². The predicted molar refractivity (Wildman–Crippen MR) is 57.5 cm³/mol. The maximum Gasteiger partial charge on any atom is 0.345 e. The minimum Gasteiger partial charge on any atom is -0.393 e. The molecule has 0 rings (SSSR count). The Bertz CT molecular complexity index is 222. The summed E-state index contributed by atoms with van der Waals surface area (Å²) >= 11 is 0. The van der Waals surface area contributed by atoms with E-state index in [1.54, 1.807) is 0 Å². The smallest absolute Gasteiger partial charge is 0.345 e. The quantitative estimate of drug-likeness (QED) is 0.496. The molecule has 0 spiro atoms. The first-order valence-electron chi connectivity index (χ1n) is 5.58. The zero-order valence-electron chi connectivity index (χ0n) is 9.81. The molecule has 0 amide bonds. The molecule has 0 saturated carbocycles. The molecular weight excluding hydrogens is 212 g/mol. The van der Waals surface area contributed by atoms with Crippen LogP contribution in [0.2, 0.25) is 0 Å². The van der Waals surface area contributed by atoms with Gasteiger partial charge in [-0.2, -0.15) is 0 Å². The molecule has 0 fully saturated rings.